The average Bonchev–Trinajstić information content (AvgIpc) is 2.79. The number of hydrogen-bond donors (Lipinski definition) is 1. The molecule has 1 unspecified atom stereocenters. The molecule has 110 valence electrons. The summed E-state index contributed by atoms with van der Waals surface area (Å²) in [5.41, 5.74) is 1.31. The van der Waals surface area contributed by atoms with E-state index in [0.717, 1.165) is 23.5 Å². The van der Waals surface area contributed by atoms with Gasteiger partial charge in [-0.2, -0.15) is 0 Å². The lowest BCUT2D eigenvalue weighted by atomic mass is 10.0. The number of rotatable bonds is 7. The number of benzene rings is 1. The van der Waals surface area contributed by atoms with Crippen LogP contribution in [0.25, 0.3) is 10.9 Å². The van der Waals surface area contributed by atoms with Crippen molar-refractivity contribution in [3.8, 4) is 0 Å². The molecule has 0 bridgehead atoms. The van der Waals surface area contributed by atoms with E-state index in [1.54, 1.807) is 0 Å². The van der Waals surface area contributed by atoms with E-state index in [4.69, 9.17) is 0 Å². The molecule has 0 fully saturated rings. The second-order valence-electron chi connectivity index (χ2n) is 6.04. The first-order chi connectivity index (χ1) is 9.56. The topological polar surface area (TPSA) is 17.0 Å². The zero-order valence-electron chi connectivity index (χ0n) is 12.7. The van der Waals surface area contributed by atoms with E-state index in [1.165, 1.54) is 23.7 Å². The predicted molar refractivity (Wildman–Crippen MR) is 91.2 cm³/mol. The number of nitrogens with one attached hydrogen (secondary N) is 1. The summed E-state index contributed by atoms with van der Waals surface area (Å²) < 4.78 is 3.47. The lowest BCUT2D eigenvalue weighted by Crippen LogP contribution is -2.29. The van der Waals surface area contributed by atoms with Crippen molar-refractivity contribution in [1.29, 1.82) is 0 Å². The highest BCUT2D eigenvalue weighted by molar-refractivity contribution is 9.10. The average molecular weight is 337 g/mol. The van der Waals surface area contributed by atoms with Crippen molar-refractivity contribution in [3.05, 3.63) is 34.9 Å². The molecular formula is C17H25BrN2. The Bertz CT molecular complexity index is 545. The molecule has 1 heterocycles. The standard InChI is InChI=1S/C17H25BrN2/c1-13(2)4-5-14(3)19-9-11-20-10-8-15-12-16(18)6-7-17(15)20/h6-8,10,12-14,19H,4-5,9,11H2,1-3H3. The largest absolute Gasteiger partial charge is 0.346 e. The second kappa shape index (κ2) is 7.28. The smallest absolute Gasteiger partial charge is 0.0481 e. The van der Waals surface area contributed by atoms with Gasteiger partial charge in [-0.3, -0.25) is 0 Å². The number of hydrogen-bond acceptors (Lipinski definition) is 1. The molecule has 0 spiro atoms. The lowest BCUT2D eigenvalue weighted by molar-refractivity contribution is 0.443. The van der Waals surface area contributed by atoms with Crippen LogP contribution in [0.15, 0.2) is 34.9 Å². The van der Waals surface area contributed by atoms with Crippen molar-refractivity contribution in [3.63, 3.8) is 0 Å². The molecule has 1 atom stereocenters. The zero-order chi connectivity index (χ0) is 14.5. The maximum atomic E-state index is 3.62. The molecule has 20 heavy (non-hydrogen) atoms. The van der Waals surface area contributed by atoms with Gasteiger partial charge in [0.05, 0.1) is 0 Å². The van der Waals surface area contributed by atoms with Gasteiger partial charge in [-0.05, 0) is 49.9 Å². The van der Waals surface area contributed by atoms with E-state index in [2.05, 4.69) is 77.0 Å². The Morgan fingerprint density at radius 2 is 1.95 bits per heavy atom. The summed E-state index contributed by atoms with van der Waals surface area (Å²) in [6.07, 6.45) is 4.74. The first-order valence-corrected chi connectivity index (χ1v) is 8.33. The molecule has 2 aromatic rings. The van der Waals surface area contributed by atoms with Crippen LogP contribution in [0, 0.1) is 5.92 Å². The van der Waals surface area contributed by atoms with Crippen molar-refractivity contribution in [2.75, 3.05) is 6.54 Å². The molecule has 2 nitrogen and oxygen atoms in total. The molecule has 1 aromatic heterocycles. The molecule has 1 aromatic carbocycles. The summed E-state index contributed by atoms with van der Waals surface area (Å²) >= 11 is 3.52. The summed E-state index contributed by atoms with van der Waals surface area (Å²) in [6.45, 7) is 8.91. The Morgan fingerprint density at radius 3 is 2.70 bits per heavy atom. The highest BCUT2D eigenvalue weighted by Gasteiger charge is 2.04. The van der Waals surface area contributed by atoms with Gasteiger partial charge in [0.2, 0.25) is 0 Å². The van der Waals surface area contributed by atoms with E-state index < -0.39 is 0 Å². The summed E-state index contributed by atoms with van der Waals surface area (Å²) in [5, 5.41) is 4.92. The Balaban J connectivity index is 1.84. The van der Waals surface area contributed by atoms with Gasteiger partial charge in [-0.25, -0.2) is 0 Å². The first-order valence-electron chi connectivity index (χ1n) is 7.54. The van der Waals surface area contributed by atoms with Crippen LogP contribution in [-0.2, 0) is 6.54 Å². The molecule has 0 aliphatic carbocycles. The normalized spacial score (nSPS) is 13.2. The molecule has 2 rings (SSSR count). The monoisotopic (exact) mass is 336 g/mol. The number of aromatic nitrogens is 1. The maximum Gasteiger partial charge on any atom is 0.0481 e. The van der Waals surface area contributed by atoms with E-state index in [1.807, 2.05) is 0 Å². The van der Waals surface area contributed by atoms with Gasteiger partial charge in [0, 0.05) is 40.7 Å². The summed E-state index contributed by atoms with van der Waals surface area (Å²) in [6, 6.07) is 9.25. The van der Waals surface area contributed by atoms with Crippen LogP contribution >= 0.6 is 15.9 Å². The third-order valence-electron chi connectivity index (χ3n) is 3.76. The van der Waals surface area contributed by atoms with Gasteiger partial charge >= 0.3 is 0 Å². The van der Waals surface area contributed by atoms with Gasteiger partial charge in [0.15, 0.2) is 0 Å². The Kier molecular flexibility index (Phi) is 5.67. The lowest BCUT2D eigenvalue weighted by Gasteiger charge is -2.15. The van der Waals surface area contributed by atoms with Crippen LogP contribution in [0.5, 0.6) is 0 Å². The molecule has 0 aliphatic rings. The van der Waals surface area contributed by atoms with E-state index in [-0.39, 0.29) is 0 Å². The Morgan fingerprint density at radius 1 is 1.15 bits per heavy atom. The number of nitrogens with zero attached hydrogens (tertiary/aromatic N) is 1. The SMILES string of the molecule is CC(C)CCC(C)NCCn1ccc2cc(Br)ccc21. The third-order valence-corrected chi connectivity index (χ3v) is 4.25. The highest BCUT2D eigenvalue weighted by atomic mass is 79.9. The van der Waals surface area contributed by atoms with Crippen LogP contribution in [0.3, 0.4) is 0 Å². The van der Waals surface area contributed by atoms with Crippen LogP contribution in [0.2, 0.25) is 0 Å². The summed E-state index contributed by atoms with van der Waals surface area (Å²) in [7, 11) is 0. The Hall–Kier alpha value is -0.800. The van der Waals surface area contributed by atoms with Crippen LogP contribution in [0.1, 0.15) is 33.6 Å². The molecular weight excluding hydrogens is 312 g/mol. The number of halogens is 1. The fourth-order valence-electron chi connectivity index (χ4n) is 2.48. The molecule has 0 aliphatic heterocycles. The van der Waals surface area contributed by atoms with Gasteiger partial charge in [-0.15, -0.1) is 0 Å². The predicted octanol–water partition coefficient (Wildman–Crippen LogP) is 4.82. The summed E-state index contributed by atoms with van der Waals surface area (Å²) in [5.74, 6) is 0.797. The zero-order valence-corrected chi connectivity index (χ0v) is 14.3. The molecule has 0 saturated heterocycles. The van der Waals surface area contributed by atoms with Gasteiger partial charge in [0.25, 0.3) is 0 Å². The van der Waals surface area contributed by atoms with Gasteiger partial charge in [-0.1, -0.05) is 29.8 Å². The highest BCUT2D eigenvalue weighted by Crippen LogP contribution is 2.20. The van der Waals surface area contributed by atoms with Crippen molar-refractivity contribution in [1.82, 2.24) is 9.88 Å². The second-order valence-corrected chi connectivity index (χ2v) is 6.95. The van der Waals surface area contributed by atoms with Crippen molar-refractivity contribution in [2.45, 2.75) is 46.2 Å². The van der Waals surface area contributed by atoms with E-state index in [9.17, 15) is 0 Å². The fraction of sp³-hybridized carbons (Fsp3) is 0.529. The van der Waals surface area contributed by atoms with Gasteiger partial charge in [0.1, 0.15) is 0 Å². The minimum atomic E-state index is 0.605. The minimum Gasteiger partial charge on any atom is -0.346 e. The van der Waals surface area contributed by atoms with Gasteiger partial charge < -0.3 is 9.88 Å². The van der Waals surface area contributed by atoms with E-state index in [0.29, 0.717) is 6.04 Å². The molecule has 3 heteroatoms. The first kappa shape index (κ1) is 15.6. The van der Waals surface area contributed by atoms with Crippen LogP contribution in [0.4, 0.5) is 0 Å². The fourth-order valence-corrected chi connectivity index (χ4v) is 2.86. The maximum absolute atomic E-state index is 3.62. The Labute approximate surface area is 130 Å². The quantitative estimate of drug-likeness (QED) is 0.767. The number of fused-ring (bicyclic) bond motifs is 1. The minimum absolute atomic E-state index is 0.605. The molecule has 1 N–H and O–H groups in total. The van der Waals surface area contributed by atoms with Crippen molar-refractivity contribution < 1.29 is 0 Å². The van der Waals surface area contributed by atoms with E-state index >= 15 is 0 Å². The van der Waals surface area contributed by atoms with Crippen LogP contribution < -0.4 is 5.32 Å². The summed E-state index contributed by atoms with van der Waals surface area (Å²) in [4.78, 5) is 0. The molecule has 0 radical (unpaired) electrons. The van der Waals surface area contributed by atoms with Crippen molar-refractivity contribution in [2.24, 2.45) is 5.92 Å². The van der Waals surface area contributed by atoms with Crippen LogP contribution in [-0.4, -0.2) is 17.2 Å². The molecule has 0 saturated carbocycles. The van der Waals surface area contributed by atoms with Crippen molar-refractivity contribution >= 4 is 26.8 Å². The molecule has 0 amide bonds. The third kappa shape index (κ3) is 4.35.